The van der Waals surface area contributed by atoms with Crippen LogP contribution in [0.5, 0.6) is 11.5 Å². The van der Waals surface area contributed by atoms with Crippen molar-refractivity contribution in [3.8, 4) is 11.5 Å². The van der Waals surface area contributed by atoms with Crippen LogP contribution in [0.2, 0.25) is 0 Å². The molecule has 2 rings (SSSR count). The quantitative estimate of drug-likeness (QED) is 0.342. The second-order valence-corrected chi connectivity index (χ2v) is 6.74. The van der Waals surface area contributed by atoms with Crippen molar-refractivity contribution in [2.45, 2.75) is 66.0 Å². The maximum atomic E-state index is 13.0. The van der Waals surface area contributed by atoms with E-state index >= 15 is 0 Å². The van der Waals surface area contributed by atoms with Crippen LogP contribution in [0, 0.1) is 10.1 Å². The summed E-state index contributed by atoms with van der Waals surface area (Å²) in [6, 6.07) is 4.48. The molecule has 7 nitrogen and oxygen atoms in total. The molecule has 0 unspecified atom stereocenters. The molecule has 27 heavy (non-hydrogen) atoms. The van der Waals surface area contributed by atoms with E-state index in [-0.39, 0.29) is 23.1 Å². The Balaban J connectivity index is 2.59. The van der Waals surface area contributed by atoms with Crippen LogP contribution in [0.1, 0.15) is 53.4 Å². The average Bonchev–Trinajstić information content (AvgIpc) is 2.63. The second kappa shape index (κ2) is 9.39. The number of fused-ring (bicyclic) bond motifs is 1. The molecular formula is C20H28N2O5. The van der Waals surface area contributed by atoms with Crippen molar-refractivity contribution in [3.63, 3.8) is 0 Å². The summed E-state index contributed by atoms with van der Waals surface area (Å²) in [6.07, 6.45) is 3.98. The van der Waals surface area contributed by atoms with Gasteiger partial charge in [-0.1, -0.05) is 26.2 Å². The molecule has 148 valence electrons. The highest BCUT2D eigenvalue weighted by Gasteiger charge is 2.22. The van der Waals surface area contributed by atoms with E-state index in [0.29, 0.717) is 29.8 Å². The van der Waals surface area contributed by atoms with E-state index in [0.717, 1.165) is 25.7 Å². The van der Waals surface area contributed by atoms with Gasteiger partial charge in [0.1, 0.15) is 0 Å². The van der Waals surface area contributed by atoms with Gasteiger partial charge in [0.25, 0.3) is 11.2 Å². The van der Waals surface area contributed by atoms with E-state index in [1.165, 1.54) is 16.7 Å². The molecule has 0 N–H and O–H groups in total. The monoisotopic (exact) mass is 376 g/mol. The van der Waals surface area contributed by atoms with Gasteiger partial charge < -0.3 is 14.0 Å². The molecule has 1 aromatic carbocycles. The molecule has 0 atom stereocenters. The number of nitro benzene ring substituents is 1. The third-order valence-electron chi connectivity index (χ3n) is 4.29. The summed E-state index contributed by atoms with van der Waals surface area (Å²) in [7, 11) is 0. The molecule has 0 fully saturated rings. The highest BCUT2D eigenvalue weighted by atomic mass is 16.6. The minimum absolute atomic E-state index is 0.0597. The number of hydrogen-bond donors (Lipinski definition) is 0. The van der Waals surface area contributed by atoms with E-state index < -0.39 is 4.92 Å². The lowest BCUT2D eigenvalue weighted by Gasteiger charge is -2.19. The minimum Gasteiger partial charge on any atom is -0.489 e. The van der Waals surface area contributed by atoms with E-state index in [4.69, 9.17) is 9.47 Å². The number of benzene rings is 1. The van der Waals surface area contributed by atoms with Gasteiger partial charge in [-0.05, 0) is 33.3 Å². The Morgan fingerprint density at radius 1 is 1.15 bits per heavy atom. The Labute approximate surface area is 159 Å². The number of unbranched alkanes of at least 4 members (excludes halogenated alkanes) is 3. The largest absolute Gasteiger partial charge is 0.489 e. The summed E-state index contributed by atoms with van der Waals surface area (Å²) in [5.74, 6) is 0.545. The van der Waals surface area contributed by atoms with Crippen LogP contribution < -0.4 is 15.0 Å². The van der Waals surface area contributed by atoms with Crippen molar-refractivity contribution in [1.29, 1.82) is 0 Å². The van der Waals surface area contributed by atoms with Crippen molar-refractivity contribution in [3.05, 3.63) is 38.7 Å². The number of nitro groups is 1. The van der Waals surface area contributed by atoms with Crippen molar-refractivity contribution >= 4 is 16.6 Å². The fourth-order valence-corrected chi connectivity index (χ4v) is 3.00. The molecule has 0 saturated carbocycles. The number of nitrogens with zero attached hydrogens (tertiary/aromatic N) is 2. The van der Waals surface area contributed by atoms with Gasteiger partial charge in [0, 0.05) is 24.1 Å². The molecule has 2 aromatic rings. The number of non-ortho nitro benzene ring substituents is 1. The minimum atomic E-state index is -0.465. The summed E-state index contributed by atoms with van der Waals surface area (Å²) in [5, 5.41) is 11.8. The number of hydrogen-bond acceptors (Lipinski definition) is 5. The third kappa shape index (κ3) is 4.78. The zero-order valence-corrected chi connectivity index (χ0v) is 16.5. The molecule has 0 aliphatic heterocycles. The Hall–Kier alpha value is -2.57. The van der Waals surface area contributed by atoms with Crippen LogP contribution in [0.15, 0.2) is 23.0 Å². The van der Waals surface area contributed by atoms with E-state index in [1.54, 1.807) is 6.07 Å². The molecule has 1 heterocycles. The molecular weight excluding hydrogens is 348 g/mol. The summed E-state index contributed by atoms with van der Waals surface area (Å²) < 4.78 is 13.3. The lowest BCUT2D eigenvalue weighted by atomic mass is 10.1. The van der Waals surface area contributed by atoms with Gasteiger partial charge in [-0.15, -0.1) is 0 Å². The van der Waals surface area contributed by atoms with Gasteiger partial charge >= 0.3 is 0 Å². The Morgan fingerprint density at radius 3 is 2.48 bits per heavy atom. The van der Waals surface area contributed by atoms with Gasteiger partial charge in [0.15, 0.2) is 5.75 Å². The first-order valence-corrected chi connectivity index (χ1v) is 9.55. The van der Waals surface area contributed by atoms with Crippen molar-refractivity contribution in [1.82, 2.24) is 4.57 Å². The molecule has 0 aliphatic rings. The van der Waals surface area contributed by atoms with Crippen LogP contribution in [0.25, 0.3) is 10.9 Å². The molecule has 0 saturated heterocycles. The molecule has 0 aliphatic carbocycles. The topological polar surface area (TPSA) is 83.6 Å². The van der Waals surface area contributed by atoms with Gasteiger partial charge in [-0.2, -0.15) is 0 Å². The summed E-state index contributed by atoms with van der Waals surface area (Å²) in [6.45, 7) is 8.50. The maximum absolute atomic E-state index is 13.0. The smallest absolute Gasteiger partial charge is 0.297 e. The van der Waals surface area contributed by atoms with Crippen molar-refractivity contribution < 1.29 is 14.4 Å². The first kappa shape index (κ1) is 20.7. The molecule has 0 amide bonds. The van der Waals surface area contributed by atoms with Gasteiger partial charge in [0.05, 0.1) is 23.2 Å². The second-order valence-electron chi connectivity index (χ2n) is 6.74. The van der Waals surface area contributed by atoms with Crippen LogP contribution in [-0.4, -0.2) is 22.2 Å². The molecule has 0 bridgehead atoms. The van der Waals surface area contributed by atoms with E-state index in [9.17, 15) is 14.9 Å². The average molecular weight is 376 g/mol. The SMILES string of the molecule is CCCCCCOc1c(OC(C)C)c(=O)n(CC)c2cc([N+](=O)[O-])ccc12. The first-order chi connectivity index (χ1) is 12.9. The number of ether oxygens (including phenoxy) is 2. The Kier molecular flexibility index (Phi) is 7.21. The van der Waals surface area contributed by atoms with Crippen LogP contribution >= 0.6 is 0 Å². The first-order valence-electron chi connectivity index (χ1n) is 9.55. The third-order valence-corrected chi connectivity index (χ3v) is 4.29. The predicted molar refractivity (Wildman–Crippen MR) is 106 cm³/mol. The van der Waals surface area contributed by atoms with Crippen molar-refractivity contribution in [2.75, 3.05) is 6.61 Å². The van der Waals surface area contributed by atoms with Crippen LogP contribution in [-0.2, 0) is 6.54 Å². The molecule has 0 spiro atoms. The van der Waals surface area contributed by atoms with Crippen LogP contribution in [0.3, 0.4) is 0 Å². The molecule has 7 heteroatoms. The predicted octanol–water partition coefficient (Wildman–Crippen LogP) is 4.68. The van der Waals surface area contributed by atoms with Crippen LogP contribution in [0.4, 0.5) is 5.69 Å². The van der Waals surface area contributed by atoms with E-state index in [2.05, 4.69) is 6.92 Å². The standard InChI is InChI=1S/C20H28N2O5/c1-5-7-8-9-12-26-18-16-11-10-15(22(24)25)13-17(16)21(6-2)20(23)19(18)27-14(3)4/h10-11,13-14H,5-9,12H2,1-4H3. The lowest BCUT2D eigenvalue weighted by molar-refractivity contribution is -0.384. The van der Waals surface area contributed by atoms with Gasteiger partial charge in [-0.3, -0.25) is 14.9 Å². The molecule has 1 aromatic heterocycles. The normalized spacial score (nSPS) is 11.1. The van der Waals surface area contributed by atoms with E-state index in [1.807, 2.05) is 20.8 Å². The zero-order valence-electron chi connectivity index (χ0n) is 16.5. The Morgan fingerprint density at radius 2 is 1.89 bits per heavy atom. The Bertz CT molecular complexity index is 858. The number of aryl methyl sites for hydroxylation is 1. The summed E-state index contributed by atoms with van der Waals surface area (Å²) in [4.78, 5) is 23.7. The number of aromatic nitrogens is 1. The van der Waals surface area contributed by atoms with Gasteiger partial charge in [0.2, 0.25) is 5.75 Å². The highest BCUT2D eigenvalue weighted by Crippen LogP contribution is 2.35. The lowest BCUT2D eigenvalue weighted by Crippen LogP contribution is -2.25. The fourth-order valence-electron chi connectivity index (χ4n) is 3.00. The van der Waals surface area contributed by atoms with Gasteiger partial charge in [-0.25, -0.2) is 0 Å². The number of pyridine rings is 1. The zero-order chi connectivity index (χ0) is 20.0. The molecule has 0 radical (unpaired) electrons. The fraction of sp³-hybridized carbons (Fsp3) is 0.550. The summed E-state index contributed by atoms with van der Waals surface area (Å²) in [5.41, 5.74) is 0.0923. The summed E-state index contributed by atoms with van der Waals surface area (Å²) >= 11 is 0. The number of rotatable bonds is 10. The highest BCUT2D eigenvalue weighted by molar-refractivity contribution is 5.89. The van der Waals surface area contributed by atoms with Crippen molar-refractivity contribution in [2.24, 2.45) is 0 Å². The maximum Gasteiger partial charge on any atom is 0.297 e.